The molecule has 7 heteroatoms. The zero-order valence-corrected chi connectivity index (χ0v) is 14.1. The molecule has 3 atom stereocenters. The van der Waals surface area contributed by atoms with Crippen LogP contribution in [-0.2, 0) is 4.74 Å². The number of fused-ring (bicyclic) bond motifs is 5. The first-order valence-electron chi connectivity index (χ1n) is 7.37. The number of benzene rings is 2. The normalized spacial score (nSPS) is 23.4. The minimum Gasteiger partial charge on any atom is -0.483 e. The molecule has 0 saturated heterocycles. The van der Waals surface area contributed by atoms with Gasteiger partial charge in [-0.05, 0) is 24.6 Å². The number of halogens is 2. The van der Waals surface area contributed by atoms with Crippen LogP contribution in [0.5, 0.6) is 5.75 Å². The summed E-state index contributed by atoms with van der Waals surface area (Å²) in [5, 5.41) is 13.0. The van der Waals surface area contributed by atoms with Crippen LogP contribution in [0.4, 0.5) is 10.5 Å². The summed E-state index contributed by atoms with van der Waals surface area (Å²) in [6.07, 6.45) is -2.77. The number of para-hydroxylation sites is 1. The van der Waals surface area contributed by atoms with Crippen LogP contribution < -0.4 is 10.1 Å². The van der Waals surface area contributed by atoms with Crippen molar-refractivity contribution < 1.29 is 19.4 Å². The number of hydrogen-bond acceptors (Lipinski definition) is 4. The number of aryl methyl sites for hydroxylation is 1. The summed E-state index contributed by atoms with van der Waals surface area (Å²) >= 11 is 12.5. The lowest BCUT2D eigenvalue weighted by atomic mass is 9.83. The van der Waals surface area contributed by atoms with Gasteiger partial charge in [0.25, 0.3) is 0 Å². The Bertz CT molecular complexity index is 855. The van der Waals surface area contributed by atoms with Crippen molar-refractivity contribution in [3.05, 3.63) is 57.1 Å². The first kappa shape index (κ1) is 15.4. The van der Waals surface area contributed by atoms with Crippen molar-refractivity contribution in [1.82, 2.24) is 0 Å². The number of ether oxygens (including phenoxy) is 2. The maximum absolute atomic E-state index is 11.1. The molecule has 4 rings (SSSR count). The molecule has 0 spiro atoms. The number of rotatable bonds is 1. The summed E-state index contributed by atoms with van der Waals surface area (Å²) < 4.78 is 11.1. The summed E-state index contributed by atoms with van der Waals surface area (Å²) in [6.45, 7) is 1.95. The van der Waals surface area contributed by atoms with E-state index in [-0.39, 0.29) is 5.92 Å². The Kier molecular flexibility index (Phi) is 3.51. The Balaban J connectivity index is 1.91. The molecule has 2 N–H and O–H groups in total. The zero-order valence-electron chi connectivity index (χ0n) is 12.5. The van der Waals surface area contributed by atoms with Gasteiger partial charge in [0.15, 0.2) is 6.10 Å². The molecule has 124 valence electrons. The van der Waals surface area contributed by atoms with Crippen molar-refractivity contribution in [2.45, 2.75) is 25.2 Å². The van der Waals surface area contributed by atoms with Crippen LogP contribution in [0.1, 0.15) is 22.6 Å². The first-order valence-corrected chi connectivity index (χ1v) is 8.12. The van der Waals surface area contributed by atoms with Crippen LogP contribution in [0, 0.1) is 6.92 Å². The third-order valence-electron chi connectivity index (χ3n) is 4.39. The molecule has 0 fully saturated rings. The zero-order chi connectivity index (χ0) is 17.0. The highest BCUT2D eigenvalue weighted by Gasteiger charge is 2.48. The maximum Gasteiger partial charge on any atom is 0.507 e. The van der Waals surface area contributed by atoms with Gasteiger partial charge >= 0.3 is 6.16 Å². The van der Waals surface area contributed by atoms with E-state index in [0.717, 1.165) is 22.4 Å². The fourth-order valence-electron chi connectivity index (χ4n) is 3.48. The second-order valence-corrected chi connectivity index (χ2v) is 6.69. The molecular formula is C17H13Cl2NO4. The summed E-state index contributed by atoms with van der Waals surface area (Å²) in [6, 6.07) is 9.24. The third kappa shape index (κ3) is 2.27. The maximum atomic E-state index is 11.1. The highest BCUT2D eigenvalue weighted by molar-refractivity contribution is 6.35. The lowest BCUT2D eigenvalue weighted by Crippen LogP contribution is -2.46. The van der Waals surface area contributed by atoms with Crippen LogP contribution in [0.15, 0.2) is 30.3 Å². The van der Waals surface area contributed by atoms with Gasteiger partial charge in [-0.1, -0.05) is 41.4 Å². The Hall–Kier alpha value is -2.11. The molecular weight excluding hydrogens is 353 g/mol. The Morgan fingerprint density at radius 3 is 2.88 bits per heavy atom. The Labute approximate surface area is 148 Å². The molecule has 2 aromatic rings. The molecule has 2 aliphatic rings. The van der Waals surface area contributed by atoms with Crippen LogP contribution in [-0.4, -0.2) is 23.6 Å². The van der Waals surface area contributed by atoms with E-state index in [1.54, 1.807) is 12.1 Å². The van der Waals surface area contributed by atoms with Crippen LogP contribution in [0.3, 0.4) is 0 Å². The minimum absolute atomic E-state index is 0.231. The molecule has 5 nitrogen and oxygen atoms in total. The molecule has 2 aromatic carbocycles. The molecule has 0 bridgehead atoms. The van der Waals surface area contributed by atoms with Gasteiger partial charge in [0.2, 0.25) is 6.23 Å². The van der Waals surface area contributed by atoms with E-state index in [0.29, 0.717) is 15.7 Å². The highest BCUT2D eigenvalue weighted by atomic mass is 35.5. The lowest BCUT2D eigenvalue weighted by Gasteiger charge is -2.35. The molecule has 0 aliphatic carbocycles. The van der Waals surface area contributed by atoms with Gasteiger partial charge in [0.05, 0.1) is 5.92 Å². The monoisotopic (exact) mass is 365 g/mol. The lowest BCUT2D eigenvalue weighted by molar-refractivity contribution is 0.00560. The fraction of sp³-hybridized carbons (Fsp3) is 0.235. The molecule has 2 aliphatic heterocycles. The van der Waals surface area contributed by atoms with Crippen LogP contribution in [0.25, 0.3) is 0 Å². The number of hydrogen-bond donors (Lipinski definition) is 2. The van der Waals surface area contributed by atoms with Gasteiger partial charge < -0.3 is 19.9 Å². The predicted octanol–water partition coefficient (Wildman–Crippen LogP) is 4.64. The summed E-state index contributed by atoms with van der Waals surface area (Å²) in [4.78, 5) is 11.1. The second-order valence-electron chi connectivity index (χ2n) is 5.85. The smallest absolute Gasteiger partial charge is 0.483 e. The summed E-state index contributed by atoms with van der Waals surface area (Å²) in [7, 11) is 0. The molecule has 0 aromatic heterocycles. The number of anilines is 1. The standard InChI is InChI=1S/C17H13Cl2NO4/c1-7-3-2-4-9-12-13-10(19)5-8(18)6-11(13)20-16(24-17(21)22)15(12)23-14(7)9/h2-6,12,15-16,20H,1H3,(H,21,22). The number of nitrogens with one attached hydrogen (secondary N) is 1. The minimum atomic E-state index is -1.38. The van der Waals surface area contributed by atoms with E-state index in [1.165, 1.54) is 0 Å². The number of carbonyl (C=O) groups is 1. The van der Waals surface area contributed by atoms with Gasteiger partial charge in [-0.25, -0.2) is 4.79 Å². The molecule has 24 heavy (non-hydrogen) atoms. The average Bonchev–Trinajstić information content (AvgIpc) is 2.87. The van der Waals surface area contributed by atoms with Gasteiger partial charge in [0.1, 0.15) is 5.75 Å². The fourth-order valence-corrected chi connectivity index (χ4v) is 4.09. The molecule has 0 radical (unpaired) electrons. The largest absolute Gasteiger partial charge is 0.507 e. The Morgan fingerprint density at radius 2 is 2.12 bits per heavy atom. The summed E-state index contributed by atoms with van der Waals surface area (Å²) in [5.74, 6) is 0.512. The van der Waals surface area contributed by atoms with E-state index in [2.05, 4.69) is 5.32 Å². The van der Waals surface area contributed by atoms with E-state index >= 15 is 0 Å². The topological polar surface area (TPSA) is 67.8 Å². The van der Waals surface area contributed by atoms with Crippen molar-refractivity contribution in [3.8, 4) is 5.75 Å². The molecule has 0 saturated carbocycles. The highest BCUT2D eigenvalue weighted by Crippen LogP contribution is 2.52. The van der Waals surface area contributed by atoms with Crippen molar-refractivity contribution in [2.75, 3.05) is 5.32 Å². The van der Waals surface area contributed by atoms with Gasteiger partial charge in [-0.3, -0.25) is 0 Å². The third-order valence-corrected chi connectivity index (χ3v) is 4.92. The van der Waals surface area contributed by atoms with Crippen molar-refractivity contribution >= 4 is 35.0 Å². The molecule has 0 amide bonds. The van der Waals surface area contributed by atoms with Crippen molar-refractivity contribution in [2.24, 2.45) is 0 Å². The van der Waals surface area contributed by atoms with E-state index in [1.807, 2.05) is 25.1 Å². The van der Waals surface area contributed by atoms with Gasteiger partial charge in [0, 0.05) is 26.9 Å². The second kappa shape index (κ2) is 5.46. The van der Waals surface area contributed by atoms with E-state index in [9.17, 15) is 4.79 Å². The van der Waals surface area contributed by atoms with Crippen LogP contribution >= 0.6 is 23.2 Å². The molecule has 3 unspecified atom stereocenters. The first-order chi connectivity index (χ1) is 11.5. The van der Waals surface area contributed by atoms with Crippen LogP contribution in [0.2, 0.25) is 10.0 Å². The van der Waals surface area contributed by atoms with Crippen molar-refractivity contribution in [3.63, 3.8) is 0 Å². The van der Waals surface area contributed by atoms with Gasteiger partial charge in [-0.2, -0.15) is 0 Å². The quantitative estimate of drug-likeness (QED) is 0.720. The van der Waals surface area contributed by atoms with E-state index in [4.69, 9.17) is 37.8 Å². The average molecular weight is 366 g/mol. The predicted molar refractivity (Wildman–Crippen MR) is 90.4 cm³/mol. The summed E-state index contributed by atoms with van der Waals surface area (Å²) in [5.41, 5.74) is 3.42. The van der Waals surface area contributed by atoms with Gasteiger partial charge in [-0.15, -0.1) is 0 Å². The van der Waals surface area contributed by atoms with Crippen molar-refractivity contribution in [1.29, 1.82) is 0 Å². The number of carboxylic acid groups (broad SMARTS) is 1. The van der Waals surface area contributed by atoms with E-state index < -0.39 is 18.5 Å². The SMILES string of the molecule is Cc1cccc2c1OC1C(OC(=O)O)Nc3cc(Cl)cc(Cl)c3C21. The molecule has 2 heterocycles. The Morgan fingerprint density at radius 1 is 1.33 bits per heavy atom.